The second kappa shape index (κ2) is 5.43. The minimum absolute atomic E-state index is 0.137. The van der Waals surface area contributed by atoms with Gasteiger partial charge in [0.15, 0.2) is 0 Å². The summed E-state index contributed by atoms with van der Waals surface area (Å²) in [5.41, 5.74) is 4.28. The van der Waals surface area contributed by atoms with Crippen LogP contribution in [0.25, 0.3) is 10.9 Å². The molecule has 116 valence electrons. The highest BCUT2D eigenvalue weighted by atomic mass is 35.5. The lowest BCUT2D eigenvalue weighted by atomic mass is 10.1. The Kier molecular flexibility index (Phi) is 3.38. The monoisotopic (exact) mass is 324 g/mol. The summed E-state index contributed by atoms with van der Waals surface area (Å²) in [7, 11) is 0. The predicted octanol–water partition coefficient (Wildman–Crippen LogP) is 4.34. The van der Waals surface area contributed by atoms with Crippen molar-refractivity contribution in [3.05, 3.63) is 64.8 Å². The number of fused-ring (bicyclic) bond motifs is 2. The van der Waals surface area contributed by atoms with Gasteiger partial charge in [-0.3, -0.25) is 4.79 Å². The zero-order valence-electron chi connectivity index (χ0n) is 12.8. The Morgan fingerprint density at radius 2 is 2.13 bits per heavy atom. The number of H-pyrrole nitrogens is 1. The summed E-state index contributed by atoms with van der Waals surface area (Å²) in [6.45, 7) is 2.10. The third-order valence-corrected chi connectivity index (χ3v) is 4.78. The first-order valence-corrected chi connectivity index (χ1v) is 8.17. The molecule has 0 bridgehead atoms. The Morgan fingerprint density at radius 3 is 3.00 bits per heavy atom. The highest BCUT2D eigenvalue weighted by Crippen LogP contribution is 2.33. The van der Waals surface area contributed by atoms with Crippen LogP contribution in [-0.2, 0) is 17.6 Å². The molecule has 2 aromatic carbocycles. The van der Waals surface area contributed by atoms with Gasteiger partial charge in [-0.25, -0.2) is 0 Å². The molecule has 0 saturated heterocycles. The number of nitrogens with zero attached hydrogens (tertiary/aromatic N) is 1. The lowest BCUT2D eigenvalue weighted by Crippen LogP contribution is -2.36. The Balaban J connectivity index is 1.65. The van der Waals surface area contributed by atoms with Crippen LogP contribution in [0.4, 0.5) is 5.69 Å². The van der Waals surface area contributed by atoms with E-state index in [2.05, 4.69) is 18.0 Å². The molecule has 0 fully saturated rings. The molecule has 0 radical (unpaired) electrons. The molecule has 1 N–H and O–H groups in total. The van der Waals surface area contributed by atoms with E-state index in [-0.39, 0.29) is 11.9 Å². The van der Waals surface area contributed by atoms with E-state index in [9.17, 15) is 4.79 Å². The van der Waals surface area contributed by atoms with E-state index in [0.29, 0.717) is 11.4 Å². The van der Waals surface area contributed by atoms with Gasteiger partial charge in [0.2, 0.25) is 5.91 Å². The number of nitrogens with one attached hydrogen (secondary N) is 1. The average molecular weight is 325 g/mol. The van der Waals surface area contributed by atoms with Gasteiger partial charge in [-0.15, -0.1) is 0 Å². The average Bonchev–Trinajstić information content (AvgIpc) is 3.07. The first-order chi connectivity index (χ1) is 11.1. The molecule has 0 aliphatic carbocycles. The molecular weight excluding hydrogens is 308 g/mol. The molecule has 1 aliphatic rings. The van der Waals surface area contributed by atoms with Crippen molar-refractivity contribution in [2.75, 3.05) is 4.90 Å². The van der Waals surface area contributed by atoms with E-state index >= 15 is 0 Å². The smallest absolute Gasteiger partial charge is 0.231 e. The molecule has 3 aromatic rings. The Bertz CT molecular complexity index is 899. The molecule has 1 atom stereocenters. The third-order valence-electron chi connectivity index (χ3n) is 4.55. The Labute approximate surface area is 139 Å². The van der Waals surface area contributed by atoms with Crippen molar-refractivity contribution < 1.29 is 4.79 Å². The van der Waals surface area contributed by atoms with E-state index in [4.69, 9.17) is 11.6 Å². The molecule has 0 spiro atoms. The van der Waals surface area contributed by atoms with Crippen LogP contribution in [0.3, 0.4) is 0 Å². The summed E-state index contributed by atoms with van der Waals surface area (Å²) in [6, 6.07) is 14.1. The molecule has 2 heterocycles. The molecule has 3 nitrogen and oxygen atoms in total. The van der Waals surface area contributed by atoms with E-state index in [1.54, 1.807) is 0 Å². The van der Waals surface area contributed by atoms with Crippen LogP contribution in [0, 0.1) is 0 Å². The molecule has 4 rings (SSSR count). The van der Waals surface area contributed by atoms with Gasteiger partial charge >= 0.3 is 0 Å². The molecule has 1 amide bonds. The van der Waals surface area contributed by atoms with E-state index in [0.717, 1.165) is 28.6 Å². The van der Waals surface area contributed by atoms with Crippen molar-refractivity contribution in [1.82, 2.24) is 4.98 Å². The van der Waals surface area contributed by atoms with Crippen molar-refractivity contribution in [1.29, 1.82) is 0 Å². The number of amides is 1. The van der Waals surface area contributed by atoms with Crippen molar-refractivity contribution in [3.63, 3.8) is 0 Å². The minimum Gasteiger partial charge on any atom is -0.361 e. The van der Waals surface area contributed by atoms with Crippen molar-refractivity contribution in [3.8, 4) is 0 Å². The highest BCUT2D eigenvalue weighted by Gasteiger charge is 2.30. The van der Waals surface area contributed by atoms with E-state index in [1.807, 2.05) is 47.5 Å². The third kappa shape index (κ3) is 2.41. The molecule has 1 aliphatic heterocycles. The maximum atomic E-state index is 12.9. The van der Waals surface area contributed by atoms with Crippen LogP contribution in [0.15, 0.2) is 48.7 Å². The molecule has 0 saturated carbocycles. The van der Waals surface area contributed by atoms with Gasteiger partial charge in [0.25, 0.3) is 0 Å². The number of para-hydroxylation sites is 1. The molecule has 1 unspecified atom stereocenters. The number of rotatable bonds is 2. The quantitative estimate of drug-likeness (QED) is 0.747. The summed E-state index contributed by atoms with van der Waals surface area (Å²) < 4.78 is 0. The normalized spacial score (nSPS) is 16.8. The first kappa shape index (κ1) is 14.3. The summed E-state index contributed by atoms with van der Waals surface area (Å²) in [6.07, 6.45) is 3.22. The zero-order valence-corrected chi connectivity index (χ0v) is 13.6. The molecule has 1 aromatic heterocycles. The topological polar surface area (TPSA) is 36.1 Å². The second-order valence-corrected chi connectivity index (χ2v) is 6.56. The van der Waals surface area contributed by atoms with E-state index in [1.165, 1.54) is 5.56 Å². The largest absolute Gasteiger partial charge is 0.361 e. The lowest BCUT2D eigenvalue weighted by molar-refractivity contribution is -0.118. The van der Waals surface area contributed by atoms with Crippen molar-refractivity contribution >= 4 is 34.1 Å². The van der Waals surface area contributed by atoms with Gasteiger partial charge in [0.05, 0.1) is 6.42 Å². The summed E-state index contributed by atoms with van der Waals surface area (Å²) in [4.78, 5) is 18.0. The maximum Gasteiger partial charge on any atom is 0.231 e. The first-order valence-electron chi connectivity index (χ1n) is 7.79. The fraction of sp³-hybridized carbons (Fsp3) is 0.211. The van der Waals surface area contributed by atoms with Crippen molar-refractivity contribution in [2.45, 2.75) is 25.8 Å². The number of benzene rings is 2. The molecular formula is C19H17ClN2O. The lowest BCUT2D eigenvalue weighted by Gasteiger charge is -2.22. The fourth-order valence-corrected chi connectivity index (χ4v) is 3.67. The summed E-state index contributed by atoms with van der Waals surface area (Å²) in [5.74, 6) is 0.137. The van der Waals surface area contributed by atoms with Crippen LogP contribution in [0.5, 0.6) is 0 Å². The van der Waals surface area contributed by atoms with Crippen molar-refractivity contribution in [2.24, 2.45) is 0 Å². The van der Waals surface area contributed by atoms with Crippen LogP contribution in [0.2, 0.25) is 5.02 Å². The number of aromatic amines is 1. The summed E-state index contributed by atoms with van der Waals surface area (Å²) >= 11 is 6.02. The van der Waals surface area contributed by atoms with Gasteiger partial charge in [-0.1, -0.05) is 35.9 Å². The Hall–Kier alpha value is -2.26. The van der Waals surface area contributed by atoms with E-state index < -0.39 is 0 Å². The van der Waals surface area contributed by atoms with Gasteiger partial charge in [0.1, 0.15) is 0 Å². The second-order valence-electron chi connectivity index (χ2n) is 6.13. The minimum atomic E-state index is 0.137. The maximum absolute atomic E-state index is 12.9. The zero-order chi connectivity index (χ0) is 16.0. The highest BCUT2D eigenvalue weighted by molar-refractivity contribution is 6.31. The number of halogens is 1. The van der Waals surface area contributed by atoms with Crippen LogP contribution < -0.4 is 4.90 Å². The van der Waals surface area contributed by atoms with Crippen LogP contribution in [-0.4, -0.2) is 16.9 Å². The fourth-order valence-electron chi connectivity index (χ4n) is 3.50. The number of anilines is 1. The molecule has 4 heteroatoms. The van der Waals surface area contributed by atoms with Gasteiger partial charge in [-0.2, -0.15) is 0 Å². The number of carbonyl (C=O) groups is 1. The van der Waals surface area contributed by atoms with Gasteiger partial charge < -0.3 is 9.88 Å². The van der Waals surface area contributed by atoms with Gasteiger partial charge in [-0.05, 0) is 42.7 Å². The number of carbonyl (C=O) groups excluding carboxylic acids is 1. The predicted molar refractivity (Wildman–Crippen MR) is 94.1 cm³/mol. The Morgan fingerprint density at radius 1 is 1.30 bits per heavy atom. The van der Waals surface area contributed by atoms with Crippen LogP contribution >= 0.6 is 11.6 Å². The standard InChI is InChI=1S/C19H17ClN2O/c1-12-8-13-4-2-3-5-18(13)22(12)19(23)9-14-11-21-17-10-15(20)6-7-16(14)17/h2-7,10-12,21H,8-9H2,1H3. The number of hydrogen-bond donors (Lipinski definition) is 1. The summed E-state index contributed by atoms with van der Waals surface area (Å²) in [5, 5.41) is 1.75. The van der Waals surface area contributed by atoms with Crippen LogP contribution in [0.1, 0.15) is 18.1 Å². The number of hydrogen-bond acceptors (Lipinski definition) is 1. The van der Waals surface area contributed by atoms with Gasteiger partial charge in [0, 0.05) is 33.9 Å². The SMILES string of the molecule is CC1Cc2ccccc2N1C(=O)Cc1c[nH]c2cc(Cl)ccc12. The number of aromatic nitrogens is 1. The molecule has 23 heavy (non-hydrogen) atoms.